The summed E-state index contributed by atoms with van der Waals surface area (Å²) < 4.78 is 0. The minimum absolute atomic E-state index is 0.0402. The number of hydrogen-bond donors (Lipinski definition) is 1. The molecule has 2 aromatic carbocycles. The number of amides is 2. The number of hydrogen-bond acceptors (Lipinski definition) is 3. The molecule has 0 aliphatic heterocycles. The molecule has 168 valence electrons. The van der Waals surface area contributed by atoms with Crippen LogP contribution in [0, 0.1) is 0 Å². The maximum Gasteiger partial charge on any atom is 0.242 e. The Morgan fingerprint density at radius 3 is 2.35 bits per heavy atom. The highest BCUT2D eigenvalue weighted by Gasteiger charge is 2.28. The summed E-state index contributed by atoms with van der Waals surface area (Å²) in [5.74, 6) is 0.808. The number of halogens is 1. The Morgan fingerprint density at radius 1 is 1.06 bits per heavy atom. The van der Waals surface area contributed by atoms with Crippen molar-refractivity contribution in [3.8, 4) is 0 Å². The Labute approximate surface area is 195 Å². The average Bonchev–Trinajstić information content (AvgIpc) is 2.75. The largest absolute Gasteiger partial charge is 0.352 e. The van der Waals surface area contributed by atoms with E-state index >= 15 is 0 Å². The summed E-state index contributed by atoms with van der Waals surface area (Å²) in [6.07, 6.45) is 2.52. The van der Waals surface area contributed by atoms with E-state index in [1.807, 2.05) is 63.2 Å². The molecule has 0 radical (unpaired) electrons. The summed E-state index contributed by atoms with van der Waals surface area (Å²) in [4.78, 5) is 28.8. The van der Waals surface area contributed by atoms with Gasteiger partial charge >= 0.3 is 0 Å². The highest BCUT2D eigenvalue weighted by molar-refractivity contribution is 7.99. The fraction of sp³-hybridized carbons (Fsp3) is 0.440. The van der Waals surface area contributed by atoms with Gasteiger partial charge in [0.15, 0.2) is 0 Å². The van der Waals surface area contributed by atoms with Gasteiger partial charge in [-0.2, -0.15) is 0 Å². The van der Waals surface area contributed by atoms with Crippen LogP contribution < -0.4 is 5.32 Å². The van der Waals surface area contributed by atoms with Crippen molar-refractivity contribution in [2.75, 3.05) is 12.3 Å². The van der Waals surface area contributed by atoms with Crippen molar-refractivity contribution in [1.82, 2.24) is 10.2 Å². The van der Waals surface area contributed by atoms with Gasteiger partial charge < -0.3 is 10.2 Å². The first-order chi connectivity index (χ1) is 14.9. The van der Waals surface area contributed by atoms with Crippen molar-refractivity contribution in [1.29, 1.82) is 0 Å². The van der Waals surface area contributed by atoms with Crippen molar-refractivity contribution in [3.63, 3.8) is 0 Å². The van der Waals surface area contributed by atoms with Crippen molar-refractivity contribution < 1.29 is 9.59 Å². The van der Waals surface area contributed by atoms with Crippen LogP contribution in [0.5, 0.6) is 0 Å². The minimum Gasteiger partial charge on any atom is -0.352 e. The molecule has 6 heteroatoms. The molecule has 0 heterocycles. The van der Waals surface area contributed by atoms with E-state index in [0.29, 0.717) is 19.4 Å². The van der Waals surface area contributed by atoms with Crippen LogP contribution in [-0.4, -0.2) is 41.1 Å². The summed E-state index contributed by atoms with van der Waals surface area (Å²) in [5, 5.41) is 3.69. The highest BCUT2D eigenvalue weighted by atomic mass is 35.5. The van der Waals surface area contributed by atoms with Crippen LogP contribution in [0.3, 0.4) is 0 Å². The minimum atomic E-state index is -0.442. The van der Waals surface area contributed by atoms with Gasteiger partial charge in [-0.15, -0.1) is 11.8 Å². The molecule has 1 N–H and O–H groups in total. The zero-order valence-electron chi connectivity index (χ0n) is 18.6. The lowest BCUT2D eigenvalue weighted by Gasteiger charge is -2.31. The van der Waals surface area contributed by atoms with E-state index in [9.17, 15) is 9.59 Å². The lowest BCUT2D eigenvalue weighted by atomic mass is 10.1. The molecule has 2 amide bonds. The highest BCUT2D eigenvalue weighted by Crippen LogP contribution is 2.22. The molecule has 0 bridgehead atoms. The van der Waals surface area contributed by atoms with Crippen molar-refractivity contribution in [2.45, 2.75) is 63.4 Å². The number of benzene rings is 2. The number of carbonyl (C=O) groups is 2. The topological polar surface area (TPSA) is 49.4 Å². The maximum absolute atomic E-state index is 13.1. The third kappa shape index (κ3) is 8.96. The Bertz CT molecular complexity index is 812. The smallest absolute Gasteiger partial charge is 0.242 e. The maximum atomic E-state index is 13.1. The molecule has 4 nitrogen and oxygen atoms in total. The van der Waals surface area contributed by atoms with Crippen LogP contribution in [0.1, 0.15) is 45.6 Å². The molecule has 31 heavy (non-hydrogen) atoms. The van der Waals surface area contributed by atoms with E-state index < -0.39 is 6.04 Å². The number of rotatable bonds is 12. The predicted molar refractivity (Wildman–Crippen MR) is 131 cm³/mol. The molecule has 1 atom stereocenters. The van der Waals surface area contributed by atoms with Crippen LogP contribution in [-0.2, 0) is 16.0 Å². The van der Waals surface area contributed by atoms with Crippen molar-refractivity contribution in [2.24, 2.45) is 0 Å². The van der Waals surface area contributed by atoms with Gasteiger partial charge in [0.25, 0.3) is 0 Å². The fourth-order valence-electron chi connectivity index (χ4n) is 3.36. The SMILES string of the molecule is CC[C@@H](C(=O)NC(C)C)N(CCc1ccccc1)C(=O)CCCSc1ccc(Cl)cc1. The molecule has 2 rings (SSSR count). The first-order valence-corrected chi connectivity index (χ1v) is 12.3. The molecule has 0 aromatic heterocycles. The first kappa shape index (κ1) is 25.3. The number of thioether (sulfide) groups is 1. The normalized spacial score (nSPS) is 11.9. The molecule has 0 saturated carbocycles. The summed E-state index contributed by atoms with van der Waals surface area (Å²) in [6, 6.07) is 17.4. The summed E-state index contributed by atoms with van der Waals surface area (Å²) in [6.45, 7) is 6.38. The first-order valence-electron chi connectivity index (χ1n) is 10.9. The monoisotopic (exact) mass is 460 g/mol. The second-order valence-corrected chi connectivity index (χ2v) is 9.42. The molecular formula is C25H33ClN2O2S. The zero-order chi connectivity index (χ0) is 22.6. The van der Waals surface area contributed by atoms with Gasteiger partial charge in [0, 0.05) is 28.9 Å². The molecule has 0 unspecified atom stereocenters. The molecule has 0 aliphatic rings. The lowest BCUT2D eigenvalue weighted by molar-refractivity contribution is -0.140. The van der Waals surface area contributed by atoms with Crippen LogP contribution in [0.15, 0.2) is 59.5 Å². The van der Waals surface area contributed by atoms with Gasteiger partial charge in [0.05, 0.1) is 0 Å². The van der Waals surface area contributed by atoms with E-state index in [1.54, 1.807) is 16.7 Å². The van der Waals surface area contributed by atoms with Crippen LogP contribution in [0.4, 0.5) is 0 Å². The van der Waals surface area contributed by atoms with Crippen molar-refractivity contribution in [3.05, 3.63) is 65.2 Å². The van der Waals surface area contributed by atoms with Gasteiger partial charge in [0.2, 0.25) is 11.8 Å². The molecule has 0 aliphatic carbocycles. The second kappa shape index (κ2) is 13.4. The predicted octanol–water partition coefficient (Wildman–Crippen LogP) is 5.59. The van der Waals surface area contributed by atoms with Gasteiger partial charge in [-0.05, 0) is 68.7 Å². The lowest BCUT2D eigenvalue weighted by Crippen LogP contribution is -2.51. The van der Waals surface area contributed by atoms with Crippen LogP contribution >= 0.6 is 23.4 Å². The Kier molecular flexibility index (Phi) is 11.0. The average molecular weight is 461 g/mol. The Balaban J connectivity index is 1.98. The molecule has 2 aromatic rings. The number of carbonyl (C=O) groups excluding carboxylic acids is 2. The zero-order valence-corrected chi connectivity index (χ0v) is 20.2. The third-order valence-corrected chi connectivity index (χ3v) is 6.27. The second-order valence-electron chi connectivity index (χ2n) is 7.82. The summed E-state index contributed by atoms with van der Waals surface area (Å²) in [5.41, 5.74) is 1.16. The van der Waals surface area contributed by atoms with Gasteiger partial charge in [-0.25, -0.2) is 0 Å². The summed E-state index contributed by atoms with van der Waals surface area (Å²) >= 11 is 7.64. The third-order valence-electron chi connectivity index (χ3n) is 4.92. The molecule has 0 saturated heterocycles. The molecular weight excluding hydrogens is 428 g/mol. The van der Waals surface area contributed by atoms with E-state index in [0.717, 1.165) is 34.1 Å². The number of nitrogens with one attached hydrogen (secondary N) is 1. The molecule has 0 fully saturated rings. The van der Waals surface area contributed by atoms with E-state index in [1.165, 1.54) is 0 Å². The van der Waals surface area contributed by atoms with E-state index in [2.05, 4.69) is 17.4 Å². The standard InChI is InChI=1S/C25H33ClN2O2S/c1-4-23(25(30)27-19(2)3)28(17-16-20-9-6-5-7-10-20)24(29)11-8-18-31-22-14-12-21(26)13-15-22/h5-7,9-10,12-15,19,23H,4,8,11,16-18H2,1-3H3,(H,27,30)/t23-/m0/s1. The van der Waals surface area contributed by atoms with Gasteiger partial charge in [-0.3, -0.25) is 9.59 Å². The van der Waals surface area contributed by atoms with Gasteiger partial charge in [0.1, 0.15) is 6.04 Å². The Hall–Kier alpha value is -1.98. The fourth-order valence-corrected chi connectivity index (χ4v) is 4.34. The van der Waals surface area contributed by atoms with Crippen molar-refractivity contribution >= 4 is 35.2 Å². The number of nitrogens with zero attached hydrogens (tertiary/aromatic N) is 1. The quantitative estimate of drug-likeness (QED) is 0.332. The van der Waals surface area contributed by atoms with E-state index in [-0.39, 0.29) is 17.9 Å². The van der Waals surface area contributed by atoms with Crippen LogP contribution in [0.25, 0.3) is 0 Å². The molecule has 0 spiro atoms. The van der Waals surface area contributed by atoms with E-state index in [4.69, 9.17) is 11.6 Å². The van der Waals surface area contributed by atoms with Gasteiger partial charge in [-0.1, -0.05) is 48.9 Å². The summed E-state index contributed by atoms with van der Waals surface area (Å²) in [7, 11) is 0. The van der Waals surface area contributed by atoms with Crippen LogP contribution in [0.2, 0.25) is 5.02 Å². The Morgan fingerprint density at radius 2 is 1.74 bits per heavy atom.